The minimum absolute atomic E-state index is 0.00794. The van der Waals surface area contributed by atoms with Gasteiger partial charge in [-0.1, -0.05) is 0 Å². The second kappa shape index (κ2) is 5.41. The van der Waals surface area contributed by atoms with Gasteiger partial charge in [-0.05, 0) is 13.8 Å². The van der Waals surface area contributed by atoms with Gasteiger partial charge >= 0.3 is 0 Å². The van der Waals surface area contributed by atoms with Gasteiger partial charge in [0, 0.05) is 32.4 Å². The van der Waals surface area contributed by atoms with E-state index in [0.717, 1.165) is 0 Å². The molecule has 2 unspecified atom stereocenters. The number of hydrogen-bond acceptors (Lipinski definition) is 4. The van der Waals surface area contributed by atoms with E-state index >= 15 is 0 Å². The Labute approximate surface area is 95.2 Å². The Morgan fingerprint density at radius 1 is 1.50 bits per heavy atom. The van der Waals surface area contributed by atoms with Crippen LogP contribution in [-0.2, 0) is 14.3 Å². The van der Waals surface area contributed by atoms with Gasteiger partial charge in [-0.15, -0.1) is 0 Å². The van der Waals surface area contributed by atoms with Crippen molar-refractivity contribution in [3.63, 3.8) is 0 Å². The summed E-state index contributed by atoms with van der Waals surface area (Å²) in [6, 6.07) is 0. The summed E-state index contributed by atoms with van der Waals surface area (Å²) < 4.78 is 5.24. The second-order valence-corrected chi connectivity index (χ2v) is 4.35. The van der Waals surface area contributed by atoms with E-state index in [4.69, 9.17) is 4.74 Å². The summed E-state index contributed by atoms with van der Waals surface area (Å²) in [5.74, 6) is -0.214. The van der Waals surface area contributed by atoms with Crippen LogP contribution in [-0.4, -0.2) is 41.7 Å². The van der Waals surface area contributed by atoms with Crippen molar-refractivity contribution in [2.75, 3.05) is 13.2 Å². The van der Waals surface area contributed by atoms with E-state index in [1.807, 2.05) is 0 Å². The third-order valence-electron chi connectivity index (χ3n) is 2.96. The SMILES string of the molecule is CC(=O)CCC(=O)NCC1(O)CCOC1C. The predicted molar refractivity (Wildman–Crippen MR) is 57.9 cm³/mol. The number of rotatable bonds is 5. The number of hydrogen-bond donors (Lipinski definition) is 2. The van der Waals surface area contributed by atoms with Crippen LogP contribution in [0, 0.1) is 0 Å². The van der Waals surface area contributed by atoms with E-state index in [0.29, 0.717) is 13.0 Å². The first kappa shape index (κ1) is 13.1. The molecule has 0 aromatic carbocycles. The molecule has 16 heavy (non-hydrogen) atoms. The lowest BCUT2D eigenvalue weighted by Gasteiger charge is -2.26. The van der Waals surface area contributed by atoms with E-state index in [2.05, 4.69) is 5.32 Å². The summed E-state index contributed by atoms with van der Waals surface area (Å²) in [7, 11) is 0. The Balaban J connectivity index is 2.28. The fourth-order valence-electron chi connectivity index (χ4n) is 1.63. The molecule has 1 fully saturated rings. The minimum Gasteiger partial charge on any atom is -0.385 e. The number of carbonyl (C=O) groups excluding carboxylic acids is 2. The smallest absolute Gasteiger partial charge is 0.220 e. The van der Waals surface area contributed by atoms with Crippen LogP contribution >= 0.6 is 0 Å². The zero-order chi connectivity index (χ0) is 12.2. The molecule has 1 rings (SSSR count). The second-order valence-electron chi connectivity index (χ2n) is 4.35. The lowest BCUT2D eigenvalue weighted by molar-refractivity contribution is -0.125. The highest BCUT2D eigenvalue weighted by Crippen LogP contribution is 2.24. The predicted octanol–water partition coefficient (Wildman–Crippen LogP) is 0.0117. The average Bonchev–Trinajstić information content (AvgIpc) is 2.54. The van der Waals surface area contributed by atoms with Gasteiger partial charge in [0.1, 0.15) is 11.4 Å². The maximum absolute atomic E-state index is 11.3. The normalized spacial score (nSPS) is 29.1. The van der Waals surface area contributed by atoms with E-state index in [9.17, 15) is 14.7 Å². The van der Waals surface area contributed by atoms with Gasteiger partial charge < -0.3 is 20.0 Å². The van der Waals surface area contributed by atoms with Crippen molar-refractivity contribution < 1.29 is 19.4 Å². The molecule has 0 saturated carbocycles. The zero-order valence-electron chi connectivity index (χ0n) is 9.78. The molecule has 2 N–H and O–H groups in total. The third kappa shape index (κ3) is 3.57. The van der Waals surface area contributed by atoms with E-state index in [-0.39, 0.29) is 37.2 Å². The number of Topliss-reactive ketones (excluding diaryl/α,β-unsaturated/α-hetero) is 1. The van der Waals surface area contributed by atoms with Crippen molar-refractivity contribution in [1.29, 1.82) is 0 Å². The maximum atomic E-state index is 11.3. The van der Waals surface area contributed by atoms with Gasteiger partial charge in [0.2, 0.25) is 5.91 Å². The summed E-state index contributed by atoms with van der Waals surface area (Å²) in [6.07, 6.45) is 0.693. The summed E-state index contributed by atoms with van der Waals surface area (Å²) in [6.45, 7) is 3.94. The zero-order valence-corrected chi connectivity index (χ0v) is 9.78. The summed E-state index contributed by atoms with van der Waals surface area (Å²) in [5.41, 5.74) is -0.966. The van der Waals surface area contributed by atoms with Crippen LogP contribution in [0.2, 0.25) is 0 Å². The molecule has 2 atom stereocenters. The fraction of sp³-hybridized carbons (Fsp3) is 0.818. The fourth-order valence-corrected chi connectivity index (χ4v) is 1.63. The van der Waals surface area contributed by atoms with Gasteiger partial charge in [0.15, 0.2) is 0 Å². The summed E-state index contributed by atoms with van der Waals surface area (Å²) in [4.78, 5) is 22.0. The molecular weight excluding hydrogens is 210 g/mol. The van der Waals surface area contributed by atoms with E-state index < -0.39 is 5.60 Å². The Kier molecular flexibility index (Phi) is 4.44. The summed E-state index contributed by atoms with van der Waals surface area (Å²) in [5, 5.41) is 12.7. The van der Waals surface area contributed by atoms with Crippen LogP contribution < -0.4 is 5.32 Å². The Morgan fingerprint density at radius 3 is 2.69 bits per heavy atom. The minimum atomic E-state index is -0.966. The number of carbonyl (C=O) groups is 2. The number of nitrogens with one attached hydrogen (secondary N) is 1. The van der Waals surface area contributed by atoms with Crippen LogP contribution in [0.5, 0.6) is 0 Å². The third-order valence-corrected chi connectivity index (χ3v) is 2.96. The molecule has 5 nitrogen and oxygen atoms in total. The molecule has 1 amide bonds. The number of amides is 1. The van der Waals surface area contributed by atoms with Crippen LogP contribution in [0.3, 0.4) is 0 Å². The van der Waals surface area contributed by atoms with Crippen molar-refractivity contribution >= 4 is 11.7 Å². The molecule has 0 aliphatic carbocycles. The average molecular weight is 229 g/mol. The molecule has 0 bridgehead atoms. The highest BCUT2D eigenvalue weighted by molar-refractivity contribution is 5.83. The quantitative estimate of drug-likeness (QED) is 0.696. The molecule has 5 heteroatoms. The number of aliphatic hydroxyl groups is 1. The highest BCUT2D eigenvalue weighted by atomic mass is 16.5. The largest absolute Gasteiger partial charge is 0.385 e. The van der Waals surface area contributed by atoms with Gasteiger partial charge in [-0.25, -0.2) is 0 Å². The van der Waals surface area contributed by atoms with Crippen LogP contribution in [0.4, 0.5) is 0 Å². The summed E-state index contributed by atoms with van der Waals surface area (Å²) >= 11 is 0. The first-order chi connectivity index (χ1) is 7.44. The molecule has 92 valence electrons. The van der Waals surface area contributed by atoms with Crippen LogP contribution in [0.1, 0.15) is 33.1 Å². The Bertz CT molecular complexity index is 279. The van der Waals surface area contributed by atoms with Gasteiger partial charge in [0.05, 0.1) is 6.10 Å². The first-order valence-electron chi connectivity index (χ1n) is 5.54. The van der Waals surface area contributed by atoms with Gasteiger partial charge in [-0.3, -0.25) is 4.79 Å². The number of ether oxygens (including phenoxy) is 1. The molecule has 1 saturated heterocycles. The topological polar surface area (TPSA) is 75.6 Å². The van der Waals surface area contributed by atoms with Crippen molar-refractivity contribution in [3.05, 3.63) is 0 Å². The molecular formula is C11H19NO4. The Hall–Kier alpha value is -0.940. The lowest BCUT2D eigenvalue weighted by atomic mass is 9.96. The molecule has 0 aromatic rings. The molecule has 0 radical (unpaired) electrons. The van der Waals surface area contributed by atoms with Crippen LogP contribution in [0.15, 0.2) is 0 Å². The molecule has 1 aliphatic rings. The number of ketones is 1. The van der Waals surface area contributed by atoms with Crippen molar-refractivity contribution in [3.8, 4) is 0 Å². The van der Waals surface area contributed by atoms with E-state index in [1.54, 1.807) is 6.92 Å². The van der Waals surface area contributed by atoms with Crippen LogP contribution in [0.25, 0.3) is 0 Å². The first-order valence-corrected chi connectivity index (χ1v) is 5.54. The molecule has 1 heterocycles. The molecule has 1 aliphatic heterocycles. The molecule has 0 spiro atoms. The van der Waals surface area contributed by atoms with Gasteiger partial charge in [0.25, 0.3) is 0 Å². The van der Waals surface area contributed by atoms with Gasteiger partial charge in [-0.2, -0.15) is 0 Å². The standard InChI is InChI=1S/C11H19NO4/c1-8(13)3-4-10(14)12-7-11(15)5-6-16-9(11)2/h9,15H,3-7H2,1-2H3,(H,12,14). The lowest BCUT2D eigenvalue weighted by Crippen LogP contribution is -2.47. The van der Waals surface area contributed by atoms with Crippen molar-refractivity contribution in [1.82, 2.24) is 5.32 Å². The highest BCUT2D eigenvalue weighted by Gasteiger charge is 2.39. The Morgan fingerprint density at radius 2 is 2.19 bits per heavy atom. The van der Waals surface area contributed by atoms with Crippen molar-refractivity contribution in [2.24, 2.45) is 0 Å². The monoisotopic (exact) mass is 229 g/mol. The van der Waals surface area contributed by atoms with Crippen molar-refractivity contribution in [2.45, 2.75) is 44.8 Å². The van der Waals surface area contributed by atoms with E-state index in [1.165, 1.54) is 6.92 Å². The maximum Gasteiger partial charge on any atom is 0.220 e. The molecule has 0 aromatic heterocycles.